The summed E-state index contributed by atoms with van der Waals surface area (Å²) in [6.07, 6.45) is 3.08. The zero-order valence-electron chi connectivity index (χ0n) is 10.4. The summed E-state index contributed by atoms with van der Waals surface area (Å²) < 4.78 is 13.0. The van der Waals surface area contributed by atoms with Gasteiger partial charge in [-0.1, -0.05) is 12.8 Å². The lowest BCUT2D eigenvalue weighted by atomic mass is 9.92. The van der Waals surface area contributed by atoms with Gasteiger partial charge in [0.2, 0.25) is 0 Å². The van der Waals surface area contributed by atoms with E-state index in [1.165, 1.54) is 18.2 Å². The second-order valence-corrected chi connectivity index (χ2v) is 4.89. The van der Waals surface area contributed by atoms with Gasteiger partial charge < -0.3 is 10.4 Å². The summed E-state index contributed by atoms with van der Waals surface area (Å²) in [5.41, 5.74) is 1.08. The summed E-state index contributed by atoms with van der Waals surface area (Å²) in [6, 6.07) is 3.91. The highest BCUT2D eigenvalue weighted by molar-refractivity contribution is 5.95. The van der Waals surface area contributed by atoms with Gasteiger partial charge >= 0.3 is 0 Å². The third-order valence-electron chi connectivity index (χ3n) is 3.48. The van der Waals surface area contributed by atoms with E-state index < -0.39 is 6.10 Å². The van der Waals surface area contributed by atoms with E-state index in [1.807, 2.05) is 0 Å². The minimum absolute atomic E-state index is 0.185. The predicted octanol–water partition coefficient (Wildman–Crippen LogP) is 2.17. The molecular weight excluding hydrogens is 233 g/mol. The largest absolute Gasteiger partial charge is 0.391 e. The van der Waals surface area contributed by atoms with Crippen LogP contribution in [0.15, 0.2) is 18.2 Å². The van der Waals surface area contributed by atoms with Crippen LogP contribution in [0.2, 0.25) is 0 Å². The van der Waals surface area contributed by atoms with Gasteiger partial charge in [-0.15, -0.1) is 0 Å². The molecule has 3 nitrogen and oxygen atoms in total. The maximum atomic E-state index is 13.0. The predicted molar refractivity (Wildman–Crippen MR) is 66.9 cm³/mol. The normalized spacial score (nSPS) is 23.7. The highest BCUT2D eigenvalue weighted by Crippen LogP contribution is 2.19. The molecule has 1 aliphatic rings. The van der Waals surface area contributed by atoms with E-state index in [-0.39, 0.29) is 17.8 Å². The van der Waals surface area contributed by atoms with Crippen LogP contribution in [0.1, 0.15) is 41.6 Å². The molecule has 2 N–H and O–H groups in total. The SMILES string of the molecule is Cc1cc(F)ccc1C(=O)N[C@H]1CCCC[C@@H]1O. The molecule has 1 aromatic carbocycles. The maximum Gasteiger partial charge on any atom is 0.251 e. The summed E-state index contributed by atoms with van der Waals surface area (Å²) in [5, 5.41) is 12.6. The molecule has 0 radical (unpaired) electrons. The van der Waals surface area contributed by atoms with Crippen LogP contribution < -0.4 is 5.32 Å². The van der Waals surface area contributed by atoms with Gasteiger partial charge in [0.05, 0.1) is 12.1 Å². The van der Waals surface area contributed by atoms with Crippen LogP contribution in [0, 0.1) is 12.7 Å². The monoisotopic (exact) mass is 251 g/mol. The van der Waals surface area contributed by atoms with Crippen LogP contribution in [-0.2, 0) is 0 Å². The summed E-state index contributed by atoms with van der Waals surface area (Å²) in [5.74, 6) is -0.583. The van der Waals surface area contributed by atoms with Crippen molar-refractivity contribution in [1.29, 1.82) is 0 Å². The molecule has 0 aromatic heterocycles. The molecule has 1 amide bonds. The Labute approximate surface area is 106 Å². The van der Waals surface area contributed by atoms with Gasteiger partial charge in [-0.25, -0.2) is 4.39 Å². The average molecular weight is 251 g/mol. The number of halogens is 1. The van der Waals surface area contributed by atoms with Crippen molar-refractivity contribution in [1.82, 2.24) is 5.32 Å². The average Bonchev–Trinajstić information content (AvgIpc) is 2.32. The van der Waals surface area contributed by atoms with Crippen LogP contribution in [0.5, 0.6) is 0 Å². The Hall–Kier alpha value is -1.42. The third-order valence-corrected chi connectivity index (χ3v) is 3.48. The fraction of sp³-hybridized carbons (Fsp3) is 0.500. The summed E-state index contributed by atoms with van der Waals surface area (Å²) in [4.78, 5) is 12.0. The zero-order valence-corrected chi connectivity index (χ0v) is 10.4. The van der Waals surface area contributed by atoms with E-state index in [9.17, 15) is 14.3 Å². The van der Waals surface area contributed by atoms with E-state index in [4.69, 9.17) is 0 Å². The zero-order chi connectivity index (χ0) is 13.1. The third kappa shape index (κ3) is 2.88. The van der Waals surface area contributed by atoms with Gasteiger partial charge in [0.25, 0.3) is 5.91 Å². The molecule has 1 aromatic rings. The highest BCUT2D eigenvalue weighted by atomic mass is 19.1. The first-order chi connectivity index (χ1) is 8.58. The number of aliphatic hydroxyl groups is 1. The summed E-state index contributed by atoms with van der Waals surface area (Å²) in [6.45, 7) is 1.70. The molecular formula is C14H18FNO2. The standard InChI is InChI=1S/C14H18FNO2/c1-9-8-10(15)6-7-11(9)14(18)16-12-4-2-3-5-13(12)17/h6-8,12-13,17H,2-5H2,1H3,(H,16,18)/t12-,13-/m0/s1. The van der Waals surface area contributed by atoms with Crippen molar-refractivity contribution in [2.45, 2.75) is 44.8 Å². The molecule has 1 fully saturated rings. The number of benzene rings is 1. The number of nitrogens with one attached hydrogen (secondary N) is 1. The second kappa shape index (κ2) is 5.48. The van der Waals surface area contributed by atoms with E-state index in [1.54, 1.807) is 6.92 Å². The molecule has 18 heavy (non-hydrogen) atoms. The first-order valence-electron chi connectivity index (χ1n) is 6.33. The molecule has 1 aliphatic carbocycles. The minimum Gasteiger partial charge on any atom is -0.391 e. The van der Waals surface area contributed by atoms with E-state index in [2.05, 4.69) is 5.32 Å². The number of carbonyl (C=O) groups is 1. The van der Waals surface area contributed by atoms with Crippen molar-refractivity contribution in [2.75, 3.05) is 0 Å². The van der Waals surface area contributed by atoms with Crippen LogP contribution in [0.3, 0.4) is 0 Å². The molecule has 0 spiro atoms. The molecule has 2 rings (SSSR count). The first-order valence-corrected chi connectivity index (χ1v) is 6.33. The Morgan fingerprint density at radius 3 is 2.78 bits per heavy atom. The molecule has 0 bridgehead atoms. The van der Waals surface area contributed by atoms with Crippen molar-refractivity contribution >= 4 is 5.91 Å². The molecule has 0 unspecified atom stereocenters. The number of hydrogen-bond donors (Lipinski definition) is 2. The lowest BCUT2D eigenvalue weighted by Crippen LogP contribution is -2.45. The van der Waals surface area contributed by atoms with Gasteiger partial charge in [0.15, 0.2) is 0 Å². The Morgan fingerprint density at radius 2 is 2.11 bits per heavy atom. The molecule has 98 valence electrons. The van der Waals surface area contributed by atoms with Crippen LogP contribution in [0.4, 0.5) is 4.39 Å². The van der Waals surface area contributed by atoms with Crippen molar-refractivity contribution in [2.24, 2.45) is 0 Å². The second-order valence-electron chi connectivity index (χ2n) is 4.89. The Kier molecular flexibility index (Phi) is 3.97. The summed E-state index contributed by atoms with van der Waals surface area (Å²) >= 11 is 0. The number of rotatable bonds is 2. The quantitative estimate of drug-likeness (QED) is 0.846. The number of aliphatic hydroxyl groups excluding tert-OH is 1. The van der Waals surface area contributed by atoms with Gasteiger partial charge in [-0.05, 0) is 43.5 Å². The van der Waals surface area contributed by atoms with E-state index >= 15 is 0 Å². The Balaban J connectivity index is 2.07. The smallest absolute Gasteiger partial charge is 0.251 e. The molecule has 1 saturated carbocycles. The molecule has 2 atom stereocenters. The Bertz CT molecular complexity index is 447. The van der Waals surface area contributed by atoms with Gasteiger partial charge in [0, 0.05) is 5.56 Å². The van der Waals surface area contributed by atoms with E-state index in [0.717, 1.165) is 25.7 Å². The molecule has 0 aliphatic heterocycles. The first kappa shape index (κ1) is 13.0. The van der Waals surface area contributed by atoms with Crippen LogP contribution >= 0.6 is 0 Å². The van der Waals surface area contributed by atoms with E-state index in [0.29, 0.717) is 11.1 Å². The number of carbonyl (C=O) groups excluding carboxylic acids is 1. The van der Waals surface area contributed by atoms with Gasteiger partial charge in [-0.2, -0.15) is 0 Å². The molecule has 0 heterocycles. The lowest BCUT2D eigenvalue weighted by Gasteiger charge is -2.28. The van der Waals surface area contributed by atoms with Crippen molar-refractivity contribution in [3.05, 3.63) is 35.1 Å². The number of hydrogen-bond acceptors (Lipinski definition) is 2. The van der Waals surface area contributed by atoms with Crippen LogP contribution in [-0.4, -0.2) is 23.2 Å². The van der Waals surface area contributed by atoms with Gasteiger partial charge in [-0.3, -0.25) is 4.79 Å². The summed E-state index contributed by atoms with van der Waals surface area (Å²) in [7, 11) is 0. The topological polar surface area (TPSA) is 49.3 Å². The van der Waals surface area contributed by atoms with Gasteiger partial charge in [0.1, 0.15) is 5.82 Å². The minimum atomic E-state index is -0.469. The molecule has 4 heteroatoms. The molecule has 0 saturated heterocycles. The fourth-order valence-corrected chi connectivity index (χ4v) is 2.41. The van der Waals surface area contributed by atoms with Crippen molar-refractivity contribution < 1.29 is 14.3 Å². The lowest BCUT2D eigenvalue weighted by molar-refractivity contribution is 0.0717. The Morgan fingerprint density at radius 1 is 1.39 bits per heavy atom. The number of aryl methyl sites for hydroxylation is 1. The maximum absolute atomic E-state index is 13.0. The van der Waals surface area contributed by atoms with Crippen molar-refractivity contribution in [3.8, 4) is 0 Å². The highest BCUT2D eigenvalue weighted by Gasteiger charge is 2.25. The van der Waals surface area contributed by atoms with Crippen molar-refractivity contribution in [3.63, 3.8) is 0 Å². The number of amides is 1. The fourth-order valence-electron chi connectivity index (χ4n) is 2.41. The van der Waals surface area contributed by atoms with Crippen LogP contribution in [0.25, 0.3) is 0 Å².